The SMILES string of the molecule is COC(=O)N1Cc2cc(Cl)ccc2-c2c(N3CC4(CN(c5cccnn5)C4)C3)noc2C1. The molecule has 3 aliphatic rings. The molecule has 5 heterocycles. The van der Waals surface area contributed by atoms with E-state index in [0.29, 0.717) is 23.9 Å². The number of benzene rings is 1. The molecule has 0 unspecified atom stereocenters. The summed E-state index contributed by atoms with van der Waals surface area (Å²) in [6.07, 6.45) is 1.27. The molecule has 1 amide bonds. The second-order valence-electron chi connectivity index (χ2n) is 8.73. The number of methoxy groups -OCH3 is 1. The van der Waals surface area contributed by atoms with Crippen molar-refractivity contribution in [3.63, 3.8) is 0 Å². The molecular formula is C22H21ClN6O3. The van der Waals surface area contributed by atoms with Gasteiger partial charge in [-0.25, -0.2) is 4.79 Å². The Bertz CT molecular complexity index is 1190. The lowest BCUT2D eigenvalue weighted by molar-refractivity contribution is 0.114. The van der Waals surface area contributed by atoms with Crippen LogP contribution >= 0.6 is 11.6 Å². The summed E-state index contributed by atoms with van der Waals surface area (Å²) in [6.45, 7) is 4.37. The molecule has 2 saturated heterocycles. The first kappa shape index (κ1) is 19.4. The minimum Gasteiger partial charge on any atom is -0.453 e. The van der Waals surface area contributed by atoms with E-state index in [-0.39, 0.29) is 5.41 Å². The molecule has 3 aromatic rings. The number of carbonyl (C=O) groups excluding carboxylic acids is 1. The third kappa shape index (κ3) is 2.99. The van der Waals surface area contributed by atoms with Crippen molar-refractivity contribution < 1.29 is 14.1 Å². The maximum atomic E-state index is 12.3. The van der Waals surface area contributed by atoms with Crippen molar-refractivity contribution in [1.29, 1.82) is 0 Å². The zero-order chi connectivity index (χ0) is 21.9. The predicted molar refractivity (Wildman–Crippen MR) is 117 cm³/mol. The number of fused-ring (bicyclic) bond motifs is 3. The highest BCUT2D eigenvalue weighted by Crippen LogP contribution is 2.47. The molecule has 0 atom stereocenters. The molecule has 9 nitrogen and oxygen atoms in total. The minimum absolute atomic E-state index is 0.231. The highest BCUT2D eigenvalue weighted by Gasteiger charge is 2.53. The van der Waals surface area contributed by atoms with E-state index in [9.17, 15) is 4.79 Å². The molecule has 1 aromatic carbocycles. The first-order valence-corrected chi connectivity index (χ1v) is 10.8. The van der Waals surface area contributed by atoms with Gasteiger partial charge in [-0.2, -0.15) is 5.10 Å². The third-order valence-electron chi connectivity index (χ3n) is 6.50. The summed E-state index contributed by atoms with van der Waals surface area (Å²) in [7, 11) is 1.38. The van der Waals surface area contributed by atoms with Gasteiger partial charge >= 0.3 is 6.09 Å². The largest absolute Gasteiger partial charge is 0.453 e. The molecule has 32 heavy (non-hydrogen) atoms. The van der Waals surface area contributed by atoms with Crippen LogP contribution in [0.15, 0.2) is 41.1 Å². The maximum Gasteiger partial charge on any atom is 0.410 e. The Labute approximate surface area is 189 Å². The van der Waals surface area contributed by atoms with Crippen LogP contribution in [0.4, 0.5) is 16.4 Å². The van der Waals surface area contributed by atoms with Crippen LogP contribution in [-0.2, 0) is 17.8 Å². The number of nitrogens with zero attached hydrogens (tertiary/aromatic N) is 6. The normalized spacial score (nSPS) is 18.4. The van der Waals surface area contributed by atoms with E-state index in [2.05, 4.69) is 25.2 Å². The van der Waals surface area contributed by atoms with Crippen molar-refractivity contribution in [2.45, 2.75) is 13.1 Å². The molecule has 1 spiro atoms. The Morgan fingerprint density at radius 1 is 1.16 bits per heavy atom. The van der Waals surface area contributed by atoms with Crippen LogP contribution in [0, 0.1) is 5.41 Å². The number of anilines is 2. The molecule has 2 aromatic heterocycles. The molecule has 6 rings (SSSR count). The molecule has 3 aliphatic heterocycles. The van der Waals surface area contributed by atoms with Crippen LogP contribution in [0.2, 0.25) is 5.02 Å². The summed E-state index contributed by atoms with van der Waals surface area (Å²) in [4.78, 5) is 18.4. The topological polar surface area (TPSA) is 87.8 Å². The number of halogens is 1. The number of hydrogen-bond donors (Lipinski definition) is 0. The second kappa shape index (κ2) is 7.09. The summed E-state index contributed by atoms with van der Waals surface area (Å²) >= 11 is 6.26. The van der Waals surface area contributed by atoms with Gasteiger partial charge in [-0.15, -0.1) is 5.10 Å². The Morgan fingerprint density at radius 2 is 1.97 bits per heavy atom. The Hall–Kier alpha value is -3.33. The lowest BCUT2D eigenvalue weighted by atomic mass is 9.72. The zero-order valence-corrected chi connectivity index (χ0v) is 18.2. The molecule has 164 valence electrons. The summed E-state index contributed by atoms with van der Waals surface area (Å²) in [5, 5.41) is 13.2. The summed E-state index contributed by atoms with van der Waals surface area (Å²) in [5.41, 5.74) is 3.10. The van der Waals surface area contributed by atoms with Crippen LogP contribution in [0.3, 0.4) is 0 Å². The maximum absolute atomic E-state index is 12.3. The van der Waals surface area contributed by atoms with Crippen molar-refractivity contribution in [1.82, 2.24) is 20.3 Å². The van der Waals surface area contributed by atoms with Crippen LogP contribution in [0.1, 0.15) is 11.3 Å². The van der Waals surface area contributed by atoms with Crippen LogP contribution in [-0.4, -0.2) is 59.6 Å². The Balaban J connectivity index is 1.27. The highest BCUT2D eigenvalue weighted by atomic mass is 35.5. The number of aromatic nitrogens is 3. The number of amides is 1. The summed E-state index contributed by atoms with van der Waals surface area (Å²) in [6, 6.07) is 9.63. The molecule has 10 heteroatoms. The monoisotopic (exact) mass is 452 g/mol. The predicted octanol–water partition coefficient (Wildman–Crippen LogP) is 3.19. The van der Waals surface area contributed by atoms with E-state index < -0.39 is 6.09 Å². The van der Waals surface area contributed by atoms with E-state index in [4.69, 9.17) is 20.9 Å². The van der Waals surface area contributed by atoms with Gasteiger partial charge in [-0.1, -0.05) is 22.8 Å². The van der Waals surface area contributed by atoms with E-state index in [0.717, 1.165) is 54.5 Å². The zero-order valence-electron chi connectivity index (χ0n) is 17.5. The van der Waals surface area contributed by atoms with Gasteiger partial charge in [0.05, 0.1) is 25.8 Å². The molecular weight excluding hydrogens is 432 g/mol. The molecule has 0 N–H and O–H groups in total. The first-order valence-electron chi connectivity index (χ1n) is 10.4. The van der Waals surface area contributed by atoms with Gasteiger partial charge in [0.25, 0.3) is 0 Å². The average Bonchev–Trinajstić information content (AvgIpc) is 3.07. The molecule has 0 bridgehead atoms. The van der Waals surface area contributed by atoms with Crippen LogP contribution in [0.5, 0.6) is 0 Å². The van der Waals surface area contributed by atoms with Crippen molar-refractivity contribution in [3.8, 4) is 11.1 Å². The fourth-order valence-electron chi connectivity index (χ4n) is 5.04. The highest BCUT2D eigenvalue weighted by molar-refractivity contribution is 6.30. The smallest absolute Gasteiger partial charge is 0.410 e. The van der Waals surface area contributed by atoms with Crippen molar-refractivity contribution in [2.75, 3.05) is 43.1 Å². The fraction of sp³-hybridized carbons (Fsp3) is 0.364. The molecule has 0 radical (unpaired) electrons. The molecule has 2 fully saturated rings. The average molecular weight is 453 g/mol. The molecule has 0 aliphatic carbocycles. The van der Waals surface area contributed by atoms with Crippen LogP contribution in [0.25, 0.3) is 11.1 Å². The Kier molecular flexibility index (Phi) is 4.29. The van der Waals surface area contributed by atoms with Gasteiger partial charge in [0, 0.05) is 42.8 Å². The van der Waals surface area contributed by atoms with Gasteiger partial charge in [0.15, 0.2) is 17.4 Å². The lowest BCUT2D eigenvalue weighted by Gasteiger charge is -2.60. The van der Waals surface area contributed by atoms with Crippen molar-refractivity contribution in [3.05, 3.63) is 52.9 Å². The number of hydrogen-bond acceptors (Lipinski definition) is 8. The van der Waals surface area contributed by atoms with Crippen molar-refractivity contribution in [2.24, 2.45) is 5.41 Å². The van der Waals surface area contributed by atoms with E-state index in [1.54, 1.807) is 11.1 Å². The van der Waals surface area contributed by atoms with Gasteiger partial charge in [0.1, 0.15) is 0 Å². The summed E-state index contributed by atoms with van der Waals surface area (Å²) < 4.78 is 10.7. The first-order chi connectivity index (χ1) is 15.5. The fourth-order valence-corrected chi connectivity index (χ4v) is 5.23. The number of rotatable bonds is 2. The third-order valence-corrected chi connectivity index (χ3v) is 6.73. The van der Waals surface area contributed by atoms with Gasteiger partial charge in [-0.3, -0.25) is 4.90 Å². The number of ether oxygens (including phenoxy) is 1. The lowest BCUT2D eigenvalue weighted by Crippen LogP contribution is -2.72. The van der Waals surface area contributed by atoms with Gasteiger partial charge < -0.3 is 19.1 Å². The van der Waals surface area contributed by atoms with Gasteiger partial charge in [0.2, 0.25) is 0 Å². The molecule has 0 saturated carbocycles. The quantitative estimate of drug-likeness (QED) is 0.585. The van der Waals surface area contributed by atoms with E-state index in [1.165, 1.54) is 7.11 Å². The Morgan fingerprint density at radius 3 is 2.72 bits per heavy atom. The number of carbonyl (C=O) groups is 1. The van der Waals surface area contributed by atoms with E-state index in [1.807, 2.05) is 30.3 Å². The second-order valence-corrected chi connectivity index (χ2v) is 9.16. The van der Waals surface area contributed by atoms with Gasteiger partial charge in [-0.05, 0) is 35.4 Å². The van der Waals surface area contributed by atoms with Crippen LogP contribution < -0.4 is 9.80 Å². The van der Waals surface area contributed by atoms with E-state index >= 15 is 0 Å². The standard InChI is InChI=1S/C22H21ClN6O3/c1-31-21(30)27-8-14-7-15(23)4-5-16(14)19-17(9-27)32-26-20(19)29-12-22(13-29)10-28(11-22)18-3-2-6-24-25-18/h2-7H,8-13H2,1H3. The summed E-state index contributed by atoms with van der Waals surface area (Å²) in [5.74, 6) is 2.39. The van der Waals surface area contributed by atoms with Crippen molar-refractivity contribution >= 4 is 29.3 Å². The minimum atomic E-state index is -0.414.